The van der Waals surface area contributed by atoms with Crippen LogP contribution in [-0.2, 0) is 4.79 Å². The molecule has 1 aromatic carbocycles. The van der Waals surface area contributed by atoms with E-state index < -0.39 is 6.03 Å². The Labute approximate surface area is 138 Å². The number of hydrogen-bond acceptors (Lipinski definition) is 4. The maximum atomic E-state index is 12.0. The summed E-state index contributed by atoms with van der Waals surface area (Å²) in [7, 11) is 0. The van der Waals surface area contributed by atoms with E-state index in [0.717, 1.165) is 10.5 Å². The first-order valence-electron chi connectivity index (χ1n) is 7.55. The summed E-state index contributed by atoms with van der Waals surface area (Å²) in [6.07, 6.45) is 1.50. The van der Waals surface area contributed by atoms with E-state index in [9.17, 15) is 14.4 Å². The standard InChI is InChI=1S/C18H16N2O4/c1-3-20-17(22)15(19-18(20)23)10-14-8-9-16(24-14)13-6-4-12(5-7-13)11(2)21/h4-10H,3H2,1-2H3,(H,19,23)/b15-10+. The molecular formula is C18H16N2O4. The second-order valence-electron chi connectivity index (χ2n) is 5.37. The van der Waals surface area contributed by atoms with Crippen molar-refractivity contribution in [2.45, 2.75) is 13.8 Å². The van der Waals surface area contributed by atoms with Gasteiger partial charge in [0, 0.05) is 23.7 Å². The van der Waals surface area contributed by atoms with Crippen molar-refractivity contribution >= 4 is 23.8 Å². The molecule has 24 heavy (non-hydrogen) atoms. The second kappa shape index (κ2) is 6.16. The van der Waals surface area contributed by atoms with E-state index in [1.165, 1.54) is 13.0 Å². The monoisotopic (exact) mass is 324 g/mol. The molecule has 0 spiro atoms. The average Bonchev–Trinajstić information content (AvgIpc) is 3.13. The highest BCUT2D eigenvalue weighted by molar-refractivity contribution is 6.13. The first kappa shape index (κ1) is 15.7. The lowest BCUT2D eigenvalue weighted by atomic mass is 10.1. The van der Waals surface area contributed by atoms with Crippen LogP contribution in [0.3, 0.4) is 0 Å². The molecule has 1 fully saturated rings. The summed E-state index contributed by atoms with van der Waals surface area (Å²) in [5.41, 5.74) is 1.64. The van der Waals surface area contributed by atoms with Crippen molar-refractivity contribution in [2.24, 2.45) is 0 Å². The lowest BCUT2D eigenvalue weighted by molar-refractivity contribution is -0.122. The molecule has 1 aliphatic rings. The van der Waals surface area contributed by atoms with Gasteiger partial charge in [0.2, 0.25) is 0 Å². The lowest BCUT2D eigenvalue weighted by Gasteiger charge is -2.05. The Morgan fingerprint density at radius 2 is 1.88 bits per heavy atom. The molecule has 3 amide bonds. The highest BCUT2D eigenvalue weighted by Crippen LogP contribution is 2.24. The average molecular weight is 324 g/mol. The smallest absolute Gasteiger partial charge is 0.328 e. The molecule has 1 N–H and O–H groups in total. The molecule has 0 aliphatic carbocycles. The molecule has 3 rings (SSSR count). The predicted molar refractivity (Wildman–Crippen MR) is 88.0 cm³/mol. The summed E-state index contributed by atoms with van der Waals surface area (Å²) < 4.78 is 5.70. The van der Waals surface area contributed by atoms with Gasteiger partial charge in [-0.15, -0.1) is 0 Å². The number of imide groups is 1. The topological polar surface area (TPSA) is 79.6 Å². The number of Topliss-reactive ketones (excluding diaryl/α,β-unsaturated/α-hetero) is 1. The number of carbonyl (C=O) groups is 3. The number of rotatable bonds is 4. The Morgan fingerprint density at radius 1 is 1.17 bits per heavy atom. The van der Waals surface area contributed by atoms with Gasteiger partial charge in [-0.2, -0.15) is 0 Å². The molecule has 2 aromatic rings. The fraction of sp³-hybridized carbons (Fsp3) is 0.167. The largest absolute Gasteiger partial charge is 0.457 e. The molecule has 0 unspecified atom stereocenters. The van der Waals surface area contributed by atoms with Crippen LogP contribution in [0.5, 0.6) is 0 Å². The van der Waals surface area contributed by atoms with Crippen molar-refractivity contribution in [3.05, 3.63) is 53.4 Å². The van der Waals surface area contributed by atoms with Gasteiger partial charge in [0.25, 0.3) is 5.91 Å². The summed E-state index contributed by atoms with van der Waals surface area (Å²) in [4.78, 5) is 36.1. The molecule has 0 bridgehead atoms. The van der Waals surface area contributed by atoms with Crippen LogP contribution in [0.25, 0.3) is 17.4 Å². The van der Waals surface area contributed by atoms with Crippen molar-refractivity contribution in [1.82, 2.24) is 10.2 Å². The third-order valence-electron chi connectivity index (χ3n) is 3.77. The van der Waals surface area contributed by atoms with Gasteiger partial charge < -0.3 is 9.73 Å². The number of likely N-dealkylation sites (N-methyl/N-ethyl adjacent to an activating group) is 1. The van der Waals surface area contributed by atoms with Crippen molar-refractivity contribution in [1.29, 1.82) is 0 Å². The Hall–Kier alpha value is -3.15. The highest BCUT2D eigenvalue weighted by Gasteiger charge is 2.32. The third-order valence-corrected chi connectivity index (χ3v) is 3.77. The van der Waals surface area contributed by atoms with Crippen molar-refractivity contribution in [3.63, 3.8) is 0 Å². The number of nitrogens with zero attached hydrogens (tertiary/aromatic N) is 1. The number of ketones is 1. The SMILES string of the molecule is CCN1C(=O)N/C(=C/c2ccc(-c3ccc(C(C)=O)cc3)o2)C1=O. The van der Waals surface area contributed by atoms with E-state index in [0.29, 0.717) is 23.6 Å². The number of benzene rings is 1. The van der Waals surface area contributed by atoms with E-state index in [2.05, 4.69) is 5.32 Å². The van der Waals surface area contributed by atoms with Gasteiger partial charge in [0.1, 0.15) is 17.2 Å². The van der Waals surface area contributed by atoms with Crippen molar-refractivity contribution < 1.29 is 18.8 Å². The first-order valence-corrected chi connectivity index (χ1v) is 7.55. The van der Waals surface area contributed by atoms with Crippen molar-refractivity contribution in [2.75, 3.05) is 6.54 Å². The van der Waals surface area contributed by atoms with E-state index in [4.69, 9.17) is 4.42 Å². The number of furan rings is 1. The van der Waals surface area contributed by atoms with Crippen LogP contribution in [-0.4, -0.2) is 29.2 Å². The fourth-order valence-corrected chi connectivity index (χ4v) is 2.46. The summed E-state index contributed by atoms with van der Waals surface area (Å²) >= 11 is 0. The molecule has 0 atom stereocenters. The maximum Gasteiger partial charge on any atom is 0.328 e. The van der Waals surface area contributed by atoms with Crippen LogP contribution in [0, 0.1) is 0 Å². The van der Waals surface area contributed by atoms with E-state index >= 15 is 0 Å². The number of carbonyl (C=O) groups excluding carboxylic acids is 3. The Kier molecular flexibility index (Phi) is 4.04. The number of amides is 3. The van der Waals surface area contributed by atoms with Crippen LogP contribution in [0.1, 0.15) is 30.0 Å². The Morgan fingerprint density at radius 3 is 2.46 bits per heavy atom. The summed E-state index contributed by atoms with van der Waals surface area (Å²) in [6.45, 7) is 3.56. The first-order chi connectivity index (χ1) is 11.5. The zero-order valence-electron chi connectivity index (χ0n) is 13.3. The second-order valence-corrected chi connectivity index (χ2v) is 5.37. The molecule has 1 aliphatic heterocycles. The molecule has 2 heterocycles. The van der Waals surface area contributed by atoms with Gasteiger partial charge in [-0.3, -0.25) is 14.5 Å². The third kappa shape index (κ3) is 2.86. The van der Waals surface area contributed by atoms with E-state index in [1.54, 1.807) is 43.3 Å². The normalized spacial score (nSPS) is 15.9. The zero-order chi connectivity index (χ0) is 17.3. The van der Waals surface area contributed by atoms with Crippen LogP contribution < -0.4 is 5.32 Å². The fourth-order valence-electron chi connectivity index (χ4n) is 2.46. The number of nitrogens with one attached hydrogen (secondary N) is 1. The van der Waals surface area contributed by atoms with Crippen LogP contribution in [0.15, 0.2) is 46.5 Å². The minimum atomic E-state index is -0.430. The molecule has 1 aromatic heterocycles. The van der Waals surface area contributed by atoms with Crippen LogP contribution in [0.4, 0.5) is 4.79 Å². The molecular weight excluding hydrogens is 308 g/mol. The minimum absolute atomic E-state index is 0.00221. The van der Waals surface area contributed by atoms with Crippen LogP contribution >= 0.6 is 0 Å². The quantitative estimate of drug-likeness (QED) is 0.532. The van der Waals surface area contributed by atoms with Gasteiger partial charge >= 0.3 is 6.03 Å². The molecule has 122 valence electrons. The lowest BCUT2D eigenvalue weighted by Crippen LogP contribution is -2.30. The number of hydrogen-bond donors (Lipinski definition) is 1. The van der Waals surface area contributed by atoms with Gasteiger partial charge in [-0.25, -0.2) is 4.79 Å². The van der Waals surface area contributed by atoms with Gasteiger partial charge in [-0.1, -0.05) is 24.3 Å². The van der Waals surface area contributed by atoms with Crippen LogP contribution in [0.2, 0.25) is 0 Å². The number of urea groups is 1. The van der Waals surface area contributed by atoms with E-state index in [-0.39, 0.29) is 17.4 Å². The summed E-state index contributed by atoms with van der Waals surface area (Å²) in [5.74, 6) is 0.706. The van der Waals surface area contributed by atoms with Gasteiger partial charge in [0.05, 0.1) is 0 Å². The Bertz CT molecular complexity index is 846. The summed E-state index contributed by atoms with van der Waals surface area (Å²) in [6, 6.07) is 10.1. The minimum Gasteiger partial charge on any atom is -0.457 e. The predicted octanol–water partition coefficient (Wildman–Crippen LogP) is 3.06. The highest BCUT2D eigenvalue weighted by atomic mass is 16.3. The zero-order valence-corrected chi connectivity index (χ0v) is 13.3. The molecule has 0 saturated carbocycles. The molecule has 0 radical (unpaired) electrons. The molecule has 6 heteroatoms. The van der Waals surface area contributed by atoms with Crippen molar-refractivity contribution in [3.8, 4) is 11.3 Å². The molecule has 1 saturated heterocycles. The van der Waals surface area contributed by atoms with Gasteiger partial charge in [0.15, 0.2) is 5.78 Å². The molecule has 6 nitrogen and oxygen atoms in total. The van der Waals surface area contributed by atoms with Gasteiger partial charge in [-0.05, 0) is 26.0 Å². The maximum absolute atomic E-state index is 12.0. The summed E-state index contributed by atoms with van der Waals surface area (Å²) in [5, 5.41) is 2.52. The Balaban J connectivity index is 1.83. The van der Waals surface area contributed by atoms with E-state index in [1.807, 2.05) is 0 Å².